The molecule has 2 aliphatic rings. The first-order chi connectivity index (χ1) is 24.7. The molecule has 7 aromatic rings. The fourth-order valence-electron chi connectivity index (χ4n) is 7.04. The van der Waals surface area contributed by atoms with Crippen molar-refractivity contribution in [2.75, 3.05) is 7.11 Å². The van der Waals surface area contributed by atoms with Crippen molar-refractivity contribution in [2.24, 2.45) is 0 Å². The van der Waals surface area contributed by atoms with Crippen molar-refractivity contribution >= 4 is 45.4 Å². The number of methoxy groups -OCH3 is 1. The first kappa shape index (κ1) is 29.4. The van der Waals surface area contributed by atoms with Crippen LogP contribution in [0.3, 0.4) is 0 Å². The largest absolute Gasteiger partial charge is 0.494 e. The van der Waals surface area contributed by atoms with Gasteiger partial charge in [-0.15, -0.1) is 0 Å². The van der Waals surface area contributed by atoms with E-state index in [9.17, 15) is 0 Å². The van der Waals surface area contributed by atoms with Crippen molar-refractivity contribution in [1.82, 2.24) is 19.9 Å². The molecule has 0 spiro atoms. The molecule has 0 radical (unpaired) electrons. The number of H-pyrrole nitrogens is 2. The molecule has 4 aromatic carbocycles. The molecule has 3 aromatic heterocycles. The lowest BCUT2D eigenvalue weighted by atomic mass is 9.89. The fourth-order valence-corrected chi connectivity index (χ4v) is 7.04. The van der Waals surface area contributed by atoms with E-state index in [2.05, 4.69) is 156 Å². The maximum Gasteiger partial charge on any atom is 0.152 e. The summed E-state index contributed by atoms with van der Waals surface area (Å²) >= 11 is 0. The van der Waals surface area contributed by atoms with Gasteiger partial charge in [0.25, 0.3) is 0 Å². The Morgan fingerprint density at radius 3 is 1.60 bits per heavy atom. The Morgan fingerprint density at radius 1 is 0.480 bits per heavy atom. The summed E-state index contributed by atoms with van der Waals surface area (Å²) in [5.74, 6) is 0.744. The summed E-state index contributed by atoms with van der Waals surface area (Å²) in [5, 5.41) is 0. The standard InChI is InChI=1S/C45H32N4O/c1-50-45-38-28-36-25-23-34(47-36)26-33-22-24-35(46-33)27-37-39(29-14-6-2-7-15-29)40(30-16-8-3-9-17-30)43(48-37)41(31-18-10-4-11-19-31)44(49-38)42(45)32-20-12-5-13-21-32/h2-28,46,49H,1H3. The minimum absolute atomic E-state index is 0.744. The fraction of sp³-hybridized carbons (Fsp3) is 0.0222. The Morgan fingerprint density at radius 2 is 1.00 bits per heavy atom. The first-order valence-electron chi connectivity index (χ1n) is 16.7. The van der Waals surface area contributed by atoms with Crippen molar-refractivity contribution in [1.29, 1.82) is 0 Å². The number of hydrogen-bond donors (Lipinski definition) is 2. The Balaban J connectivity index is 1.56. The van der Waals surface area contributed by atoms with Crippen LogP contribution in [0.4, 0.5) is 0 Å². The van der Waals surface area contributed by atoms with E-state index in [0.29, 0.717) is 0 Å². The van der Waals surface area contributed by atoms with Crippen LogP contribution in [0.1, 0.15) is 33.9 Å². The smallest absolute Gasteiger partial charge is 0.152 e. The van der Waals surface area contributed by atoms with Crippen LogP contribution in [-0.4, -0.2) is 27.0 Å². The molecular weight excluding hydrogens is 613 g/mol. The number of nitrogens with one attached hydrogen (secondary N) is 2. The lowest BCUT2D eigenvalue weighted by Crippen LogP contribution is -1.94. The van der Waals surface area contributed by atoms with Gasteiger partial charge in [0.15, 0.2) is 5.75 Å². The van der Waals surface area contributed by atoms with Gasteiger partial charge in [0.05, 0.1) is 46.5 Å². The molecular formula is C45H32N4O. The van der Waals surface area contributed by atoms with E-state index < -0.39 is 0 Å². The van der Waals surface area contributed by atoms with Crippen molar-refractivity contribution < 1.29 is 4.74 Å². The second kappa shape index (κ2) is 12.4. The summed E-state index contributed by atoms with van der Waals surface area (Å²) in [7, 11) is 1.73. The Hall–Kier alpha value is -6.72. The van der Waals surface area contributed by atoms with Gasteiger partial charge in [0, 0.05) is 27.7 Å². The Bertz CT molecular complexity index is 2600. The molecule has 2 aliphatic heterocycles. The number of ether oxygens (including phenoxy) is 1. The molecule has 238 valence electrons. The first-order valence-corrected chi connectivity index (χ1v) is 16.7. The summed E-state index contributed by atoms with van der Waals surface area (Å²) in [5.41, 5.74) is 15.4. The van der Waals surface area contributed by atoms with Crippen LogP contribution in [0.2, 0.25) is 0 Å². The average Bonchev–Trinajstić information content (AvgIpc) is 3.96. The lowest BCUT2D eigenvalue weighted by Gasteiger charge is -2.13. The summed E-state index contributed by atoms with van der Waals surface area (Å²) in [4.78, 5) is 18.0. The van der Waals surface area contributed by atoms with E-state index >= 15 is 0 Å². The van der Waals surface area contributed by atoms with Crippen molar-refractivity contribution in [3.63, 3.8) is 0 Å². The molecule has 5 heterocycles. The number of nitrogens with zero attached hydrogens (tertiary/aromatic N) is 2. The van der Waals surface area contributed by atoms with Gasteiger partial charge in [-0.25, -0.2) is 9.97 Å². The molecule has 0 saturated heterocycles. The number of hydrogen-bond acceptors (Lipinski definition) is 3. The zero-order chi connectivity index (χ0) is 33.4. The highest BCUT2D eigenvalue weighted by atomic mass is 16.5. The minimum atomic E-state index is 0.744. The third-order valence-electron chi connectivity index (χ3n) is 9.20. The van der Waals surface area contributed by atoms with Crippen LogP contribution >= 0.6 is 0 Å². The average molecular weight is 645 g/mol. The predicted octanol–water partition coefficient (Wildman–Crippen LogP) is 10.8. The topological polar surface area (TPSA) is 66.6 Å². The highest BCUT2D eigenvalue weighted by Gasteiger charge is 2.28. The number of rotatable bonds is 5. The molecule has 50 heavy (non-hydrogen) atoms. The van der Waals surface area contributed by atoms with Crippen molar-refractivity contribution in [3.05, 3.63) is 186 Å². The van der Waals surface area contributed by atoms with Gasteiger partial charge < -0.3 is 14.7 Å². The van der Waals surface area contributed by atoms with Gasteiger partial charge >= 0.3 is 0 Å². The number of aromatic nitrogens is 4. The van der Waals surface area contributed by atoms with Crippen molar-refractivity contribution in [2.45, 2.75) is 0 Å². The lowest BCUT2D eigenvalue weighted by molar-refractivity contribution is 0.422. The van der Waals surface area contributed by atoms with Gasteiger partial charge in [0.1, 0.15) is 0 Å². The van der Waals surface area contributed by atoms with E-state index in [0.717, 1.165) is 95.1 Å². The van der Waals surface area contributed by atoms with E-state index in [1.54, 1.807) is 7.11 Å². The molecule has 0 amide bonds. The van der Waals surface area contributed by atoms with Gasteiger partial charge in [-0.3, -0.25) is 0 Å². The maximum atomic E-state index is 6.28. The van der Waals surface area contributed by atoms with Crippen LogP contribution in [0, 0.1) is 0 Å². The van der Waals surface area contributed by atoms with Gasteiger partial charge in [-0.2, -0.15) is 0 Å². The monoisotopic (exact) mass is 644 g/mol. The van der Waals surface area contributed by atoms with E-state index in [1.807, 2.05) is 18.2 Å². The van der Waals surface area contributed by atoms with Crippen LogP contribution < -0.4 is 4.74 Å². The SMILES string of the molecule is COc1c(-c2ccccc2)c2[nH]c1cc1nc(cc3ccc(cc4nc(c2-c2ccccc2)C(c2ccccc2)=C4c2ccccc2)[nH]3)C=C1. The van der Waals surface area contributed by atoms with Gasteiger partial charge in [0.2, 0.25) is 0 Å². The van der Waals surface area contributed by atoms with E-state index in [4.69, 9.17) is 14.7 Å². The quantitative estimate of drug-likeness (QED) is 0.196. The number of aromatic amines is 2. The molecule has 0 fully saturated rings. The molecule has 0 saturated carbocycles. The maximum absolute atomic E-state index is 6.28. The van der Waals surface area contributed by atoms with E-state index in [1.165, 1.54) is 0 Å². The zero-order valence-corrected chi connectivity index (χ0v) is 27.4. The third-order valence-corrected chi connectivity index (χ3v) is 9.20. The molecule has 0 atom stereocenters. The summed E-state index contributed by atoms with van der Waals surface area (Å²) < 4.78 is 6.28. The van der Waals surface area contributed by atoms with E-state index in [-0.39, 0.29) is 0 Å². The summed E-state index contributed by atoms with van der Waals surface area (Å²) in [6.45, 7) is 0. The molecule has 5 heteroatoms. The summed E-state index contributed by atoms with van der Waals surface area (Å²) in [6.07, 6.45) is 4.07. The highest BCUT2D eigenvalue weighted by molar-refractivity contribution is 6.12. The molecule has 8 bridgehead atoms. The molecule has 5 nitrogen and oxygen atoms in total. The Labute approximate surface area is 290 Å². The van der Waals surface area contributed by atoms with Gasteiger partial charge in [-0.05, 0) is 64.7 Å². The second-order valence-corrected chi connectivity index (χ2v) is 12.4. The van der Waals surface area contributed by atoms with Crippen molar-refractivity contribution in [3.8, 4) is 28.0 Å². The predicted molar refractivity (Wildman–Crippen MR) is 205 cm³/mol. The minimum Gasteiger partial charge on any atom is -0.494 e. The van der Waals surface area contributed by atoms with Gasteiger partial charge in [-0.1, -0.05) is 121 Å². The molecule has 0 unspecified atom stereocenters. The number of benzene rings is 4. The number of fused-ring (bicyclic) bond motifs is 8. The second-order valence-electron chi connectivity index (χ2n) is 12.4. The summed E-state index contributed by atoms with van der Waals surface area (Å²) in [6, 6.07) is 52.6. The zero-order valence-electron chi connectivity index (χ0n) is 27.4. The molecule has 2 N–H and O–H groups in total. The Kier molecular flexibility index (Phi) is 7.29. The van der Waals surface area contributed by atoms with Crippen LogP contribution in [0.25, 0.3) is 67.6 Å². The molecule has 9 rings (SSSR count). The molecule has 0 aliphatic carbocycles. The highest BCUT2D eigenvalue weighted by Crippen LogP contribution is 2.47. The van der Waals surface area contributed by atoms with Crippen LogP contribution in [-0.2, 0) is 0 Å². The normalized spacial score (nSPS) is 12.3. The van der Waals surface area contributed by atoms with Crippen LogP contribution in [0.5, 0.6) is 5.75 Å². The van der Waals surface area contributed by atoms with Crippen LogP contribution in [0.15, 0.2) is 152 Å². The third kappa shape index (κ3) is 5.22.